The molecule has 0 aliphatic rings. The lowest BCUT2D eigenvalue weighted by Gasteiger charge is -2.21. The Morgan fingerprint density at radius 2 is 1.89 bits per heavy atom. The zero-order chi connectivity index (χ0) is 14.0. The summed E-state index contributed by atoms with van der Waals surface area (Å²) >= 11 is 0. The second-order valence-electron chi connectivity index (χ2n) is 4.80. The van der Waals surface area contributed by atoms with Crippen molar-refractivity contribution in [3.8, 4) is 0 Å². The smallest absolute Gasteiger partial charge is 0.211 e. The van der Waals surface area contributed by atoms with E-state index in [9.17, 15) is 8.42 Å². The van der Waals surface area contributed by atoms with E-state index in [1.165, 1.54) is 0 Å². The Bertz CT molecular complexity index is 292. The largest absolute Gasteiger partial charge is 0.383 e. The molecule has 0 aromatic rings. The van der Waals surface area contributed by atoms with Crippen LogP contribution in [0.5, 0.6) is 0 Å². The molecule has 0 aliphatic carbocycles. The highest BCUT2D eigenvalue weighted by Gasteiger charge is 2.20. The third kappa shape index (κ3) is 8.85. The van der Waals surface area contributed by atoms with Crippen LogP contribution in [0.4, 0.5) is 0 Å². The van der Waals surface area contributed by atoms with Gasteiger partial charge >= 0.3 is 0 Å². The van der Waals surface area contributed by atoms with Crippen LogP contribution in [0.2, 0.25) is 0 Å². The molecule has 6 heteroatoms. The van der Waals surface area contributed by atoms with Gasteiger partial charge in [0.25, 0.3) is 0 Å². The number of methoxy groups -OCH3 is 1. The lowest BCUT2D eigenvalue weighted by atomic mass is 10.1. The van der Waals surface area contributed by atoms with Crippen molar-refractivity contribution in [1.29, 1.82) is 0 Å². The molecule has 0 amide bonds. The number of sulfonamides is 1. The molecule has 2 N–H and O–H groups in total. The van der Waals surface area contributed by atoms with E-state index in [0.717, 1.165) is 19.5 Å². The summed E-state index contributed by atoms with van der Waals surface area (Å²) in [7, 11) is -1.61. The normalized spacial score (nSPS) is 14.1. The highest BCUT2D eigenvalue weighted by Crippen LogP contribution is 2.05. The van der Waals surface area contributed by atoms with Gasteiger partial charge in [0.15, 0.2) is 0 Å². The molecule has 0 spiro atoms. The lowest BCUT2D eigenvalue weighted by molar-refractivity contribution is 0.157. The SMILES string of the molecule is CCNCCCCS(=O)(=O)NC(COC)C(C)C. The third-order valence-electron chi connectivity index (χ3n) is 2.75. The second-order valence-corrected chi connectivity index (χ2v) is 6.68. The van der Waals surface area contributed by atoms with Crippen LogP contribution < -0.4 is 10.0 Å². The quantitative estimate of drug-likeness (QED) is 0.553. The van der Waals surface area contributed by atoms with Gasteiger partial charge in [-0.05, 0) is 31.8 Å². The van der Waals surface area contributed by atoms with Crippen molar-refractivity contribution in [1.82, 2.24) is 10.0 Å². The molecule has 0 bridgehead atoms. The van der Waals surface area contributed by atoms with Gasteiger partial charge in [-0.1, -0.05) is 20.8 Å². The molecule has 1 atom stereocenters. The molecule has 0 heterocycles. The van der Waals surface area contributed by atoms with Crippen LogP contribution in [0.25, 0.3) is 0 Å². The van der Waals surface area contributed by atoms with Gasteiger partial charge in [-0.2, -0.15) is 0 Å². The Kier molecular flexibility index (Phi) is 9.63. The molecule has 5 nitrogen and oxygen atoms in total. The molecule has 18 heavy (non-hydrogen) atoms. The first-order valence-corrected chi connectivity index (χ1v) is 8.27. The minimum absolute atomic E-state index is 0.145. The van der Waals surface area contributed by atoms with Crippen molar-refractivity contribution in [3.63, 3.8) is 0 Å². The first kappa shape index (κ1) is 17.8. The number of rotatable bonds is 11. The molecule has 0 aromatic heterocycles. The van der Waals surface area contributed by atoms with Gasteiger partial charge in [0.05, 0.1) is 12.4 Å². The summed E-state index contributed by atoms with van der Waals surface area (Å²) in [5.74, 6) is 0.409. The van der Waals surface area contributed by atoms with Crippen LogP contribution in [-0.2, 0) is 14.8 Å². The Hall–Kier alpha value is -0.170. The summed E-state index contributed by atoms with van der Waals surface area (Å²) < 4.78 is 31.5. The van der Waals surface area contributed by atoms with Gasteiger partial charge in [-0.3, -0.25) is 0 Å². The molecule has 0 radical (unpaired) electrons. The molecule has 0 rings (SSSR count). The topological polar surface area (TPSA) is 67.4 Å². The molecule has 0 fully saturated rings. The number of ether oxygens (including phenoxy) is 1. The van der Waals surface area contributed by atoms with E-state index >= 15 is 0 Å². The highest BCUT2D eigenvalue weighted by atomic mass is 32.2. The predicted molar refractivity (Wildman–Crippen MR) is 75.2 cm³/mol. The van der Waals surface area contributed by atoms with Crippen molar-refractivity contribution in [2.24, 2.45) is 5.92 Å². The minimum Gasteiger partial charge on any atom is -0.383 e. The summed E-state index contributed by atoms with van der Waals surface area (Å²) in [6.45, 7) is 8.21. The van der Waals surface area contributed by atoms with E-state index < -0.39 is 10.0 Å². The molecule has 0 saturated carbocycles. The number of nitrogens with one attached hydrogen (secondary N) is 2. The van der Waals surface area contributed by atoms with Crippen LogP contribution in [0.1, 0.15) is 33.6 Å². The van der Waals surface area contributed by atoms with Crippen molar-refractivity contribution < 1.29 is 13.2 Å². The second kappa shape index (κ2) is 9.72. The summed E-state index contributed by atoms with van der Waals surface area (Å²) in [6, 6.07) is -0.145. The fourth-order valence-electron chi connectivity index (χ4n) is 1.55. The van der Waals surface area contributed by atoms with Crippen molar-refractivity contribution in [2.75, 3.05) is 32.6 Å². The van der Waals surface area contributed by atoms with Crippen LogP contribution in [0, 0.1) is 5.92 Å². The van der Waals surface area contributed by atoms with Crippen molar-refractivity contribution >= 4 is 10.0 Å². The van der Waals surface area contributed by atoms with Gasteiger partial charge in [-0.15, -0.1) is 0 Å². The van der Waals surface area contributed by atoms with Gasteiger partial charge in [0.1, 0.15) is 0 Å². The molecular weight excluding hydrogens is 252 g/mol. The maximum Gasteiger partial charge on any atom is 0.211 e. The maximum absolute atomic E-state index is 11.9. The average Bonchev–Trinajstić information content (AvgIpc) is 2.27. The first-order chi connectivity index (χ1) is 8.43. The number of unbranched alkanes of at least 4 members (excludes halogenated alkanes) is 1. The average molecular weight is 280 g/mol. The highest BCUT2D eigenvalue weighted by molar-refractivity contribution is 7.89. The summed E-state index contributed by atoms with van der Waals surface area (Å²) in [5, 5.41) is 3.18. The summed E-state index contributed by atoms with van der Waals surface area (Å²) in [6.07, 6.45) is 1.56. The fraction of sp³-hybridized carbons (Fsp3) is 1.00. The van der Waals surface area contributed by atoms with Crippen LogP contribution in [0.15, 0.2) is 0 Å². The molecular formula is C12H28N2O3S. The van der Waals surface area contributed by atoms with Crippen LogP contribution in [0.3, 0.4) is 0 Å². The van der Waals surface area contributed by atoms with Crippen LogP contribution in [-0.4, -0.2) is 47.0 Å². The standard InChI is InChI=1S/C12H28N2O3S/c1-5-13-8-6-7-9-18(15,16)14-12(10-17-4)11(2)3/h11-14H,5-10H2,1-4H3. The van der Waals surface area contributed by atoms with E-state index in [2.05, 4.69) is 10.0 Å². The Labute approximate surface area is 112 Å². The molecule has 0 saturated heterocycles. The Balaban J connectivity index is 4.04. The molecule has 0 aromatic carbocycles. The zero-order valence-electron chi connectivity index (χ0n) is 12.0. The Morgan fingerprint density at radius 1 is 1.22 bits per heavy atom. The van der Waals surface area contributed by atoms with Gasteiger partial charge in [-0.25, -0.2) is 13.1 Å². The van der Waals surface area contributed by atoms with E-state index in [1.807, 2.05) is 20.8 Å². The first-order valence-electron chi connectivity index (χ1n) is 6.62. The number of hydrogen-bond donors (Lipinski definition) is 2. The van der Waals surface area contributed by atoms with E-state index in [-0.39, 0.29) is 17.7 Å². The molecule has 110 valence electrons. The van der Waals surface area contributed by atoms with Crippen LogP contribution >= 0.6 is 0 Å². The lowest BCUT2D eigenvalue weighted by Crippen LogP contribution is -2.42. The molecule has 0 aliphatic heterocycles. The van der Waals surface area contributed by atoms with E-state index in [4.69, 9.17) is 4.74 Å². The van der Waals surface area contributed by atoms with Gasteiger partial charge in [0.2, 0.25) is 10.0 Å². The Morgan fingerprint density at radius 3 is 2.39 bits per heavy atom. The van der Waals surface area contributed by atoms with E-state index in [1.54, 1.807) is 7.11 Å². The zero-order valence-corrected chi connectivity index (χ0v) is 12.8. The van der Waals surface area contributed by atoms with Gasteiger partial charge < -0.3 is 10.1 Å². The van der Waals surface area contributed by atoms with Crippen molar-refractivity contribution in [2.45, 2.75) is 39.7 Å². The fourth-order valence-corrected chi connectivity index (χ4v) is 3.05. The summed E-state index contributed by atoms with van der Waals surface area (Å²) in [5.41, 5.74) is 0. The van der Waals surface area contributed by atoms with Gasteiger partial charge in [0, 0.05) is 13.2 Å². The monoisotopic (exact) mass is 280 g/mol. The van der Waals surface area contributed by atoms with E-state index in [0.29, 0.717) is 13.0 Å². The third-order valence-corrected chi connectivity index (χ3v) is 4.24. The molecule has 1 unspecified atom stereocenters. The minimum atomic E-state index is -3.19. The summed E-state index contributed by atoms with van der Waals surface area (Å²) in [4.78, 5) is 0. The van der Waals surface area contributed by atoms with Crippen molar-refractivity contribution in [3.05, 3.63) is 0 Å². The predicted octanol–water partition coefficient (Wildman–Crippen LogP) is 0.967. The number of hydrogen-bond acceptors (Lipinski definition) is 4. The maximum atomic E-state index is 11.9.